The number of hydrogen-bond donors (Lipinski definition) is 1. The first-order chi connectivity index (χ1) is 9.92. The van der Waals surface area contributed by atoms with Crippen LogP contribution in [0.15, 0.2) is 6.33 Å². The van der Waals surface area contributed by atoms with E-state index in [2.05, 4.69) is 10.1 Å². The lowest BCUT2D eigenvalue weighted by atomic mass is 9.46. The molecule has 112 valence electrons. The van der Waals surface area contributed by atoms with Crippen LogP contribution < -0.4 is 5.73 Å². The van der Waals surface area contributed by atoms with Crippen molar-refractivity contribution >= 4 is 11.9 Å². The largest absolute Gasteiger partial charge is 0.490 e. The number of aromatic nitrogens is 3. The molecule has 0 radical (unpaired) electrons. The van der Waals surface area contributed by atoms with E-state index in [1.54, 1.807) is 4.68 Å². The summed E-state index contributed by atoms with van der Waals surface area (Å²) in [7, 11) is 0. The minimum absolute atomic E-state index is 0.226. The molecule has 2 atom stereocenters. The van der Waals surface area contributed by atoms with Gasteiger partial charge in [0.1, 0.15) is 0 Å². The molecule has 0 spiro atoms. The van der Waals surface area contributed by atoms with E-state index in [4.69, 9.17) is 5.73 Å². The number of primary amides is 1. The zero-order valence-corrected chi connectivity index (χ0v) is 11.6. The number of nitrogens with two attached hydrogens (primary N) is 1. The van der Waals surface area contributed by atoms with E-state index < -0.39 is 10.3 Å². The van der Waals surface area contributed by atoms with Gasteiger partial charge in [-0.3, -0.25) is 4.79 Å². The average molecular weight is 291 g/mol. The van der Waals surface area contributed by atoms with Gasteiger partial charge in [-0.2, -0.15) is 4.68 Å². The molecule has 2 N–H and O–H groups in total. The van der Waals surface area contributed by atoms with Crippen LogP contribution in [0.2, 0.25) is 0 Å². The highest BCUT2D eigenvalue weighted by atomic mass is 16.6. The zero-order valence-electron chi connectivity index (χ0n) is 11.6. The smallest absolute Gasteiger partial charge is 0.390 e. The summed E-state index contributed by atoms with van der Waals surface area (Å²) in [6, 6.07) is 0. The summed E-state index contributed by atoms with van der Waals surface area (Å²) in [5.41, 5.74) is 4.92. The molecule has 1 amide bonds. The Labute approximate surface area is 120 Å². The second kappa shape index (κ2) is 3.80. The minimum Gasteiger partial charge on any atom is -0.390 e. The Kier molecular flexibility index (Phi) is 2.31. The molecule has 1 aromatic heterocycles. The van der Waals surface area contributed by atoms with Gasteiger partial charge in [-0.1, -0.05) is 4.98 Å². The van der Waals surface area contributed by atoms with Gasteiger partial charge in [0.15, 0.2) is 0 Å². The van der Waals surface area contributed by atoms with Crippen LogP contribution in [0.4, 0.5) is 5.95 Å². The van der Waals surface area contributed by atoms with Crippen molar-refractivity contribution in [3.05, 3.63) is 16.4 Å². The van der Waals surface area contributed by atoms with Crippen LogP contribution in [0.1, 0.15) is 38.5 Å². The van der Waals surface area contributed by atoms with E-state index >= 15 is 0 Å². The molecule has 4 saturated carbocycles. The van der Waals surface area contributed by atoms with Gasteiger partial charge in [-0.15, -0.1) is 0 Å². The molecule has 0 aliphatic heterocycles. The summed E-state index contributed by atoms with van der Waals surface area (Å²) in [6.45, 7) is 0. The SMILES string of the molecule is NC(=O)C12CC3CC(C1)CC(n1cnc([N+](=O)[O-])n1)(C3)C2. The van der Waals surface area contributed by atoms with Crippen LogP contribution in [0, 0.1) is 27.4 Å². The Bertz CT molecular complexity index is 626. The van der Waals surface area contributed by atoms with Crippen molar-refractivity contribution in [2.75, 3.05) is 0 Å². The van der Waals surface area contributed by atoms with Crippen LogP contribution in [-0.4, -0.2) is 25.6 Å². The summed E-state index contributed by atoms with van der Waals surface area (Å²) in [5, 5.41) is 14.9. The molecule has 5 rings (SSSR count). The minimum atomic E-state index is -0.582. The first-order valence-corrected chi connectivity index (χ1v) is 7.29. The number of amides is 1. The first kappa shape index (κ1) is 12.7. The van der Waals surface area contributed by atoms with Crippen molar-refractivity contribution < 1.29 is 9.72 Å². The van der Waals surface area contributed by atoms with Gasteiger partial charge in [0, 0.05) is 5.10 Å². The molecule has 4 aliphatic rings. The second-order valence-corrected chi connectivity index (χ2v) is 7.08. The van der Waals surface area contributed by atoms with Crippen molar-refractivity contribution in [1.82, 2.24) is 14.8 Å². The van der Waals surface area contributed by atoms with E-state index in [-0.39, 0.29) is 17.4 Å². The summed E-state index contributed by atoms with van der Waals surface area (Å²) in [4.78, 5) is 26.0. The molecule has 4 aliphatic carbocycles. The number of carbonyl (C=O) groups is 1. The highest BCUT2D eigenvalue weighted by Crippen LogP contribution is 2.63. The fourth-order valence-electron chi connectivity index (χ4n) is 5.34. The number of nitro groups is 1. The highest BCUT2D eigenvalue weighted by molar-refractivity contribution is 5.81. The first-order valence-electron chi connectivity index (χ1n) is 7.29. The van der Waals surface area contributed by atoms with Gasteiger partial charge < -0.3 is 15.8 Å². The highest BCUT2D eigenvalue weighted by Gasteiger charge is 2.62. The Morgan fingerprint density at radius 2 is 2.05 bits per heavy atom. The van der Waals surface area contributed by atoms with Crippen LogP contribution in [-0.2, 0) is 10.3 Å². The maximum absolute atomic E-state index is 12.0. The standard InChI is InChI=1S/C13H17N5O3/c14-10(19)12-2-8-1-9(3-12)5-13(4-8,6-12)17-7-15-11(16-17)18(20)21/h7-9H,1-6H2,(H2,14,19). The van der Waals surface area contributed by atoms with Gasteiger partial charge in [0.2, 0.25) is 12.2 Å². The van der Waals surface area contributed by atoms with E-state index in [1.165, 1.54) is 6.33 Å². The maximum Gasteiger partial charge on any atom is 0.490 e. The van der Waals surface area contributed by atoms with Crippen molar-refractivity contribution in [2.45, 2.75) is 44.1 Å². The fourth-order valence-corrected chi connectivity index (χ4v) is 5.34. The van der Waals surface area contributed by atoms with Crippen molar-refractivity contribution in [2.24, 2.45) is 23.0 Å². The number of rotatable bonds is 3. The quantitative estimate of drug-likeness (QED) is 0.657. The molecule has 21 heavy (non-hydrogen) atoms. The Morgan fingerprint density at radius 3 is 2.57 bits per heavy atom. The molecular weight excluding hydrogens is 274 g/mol. The molecule has 4 bridgehead atoms. The predicted octanol–water partition coefficient (Wildman–Crippen LogP) is 0.967. The molecule has 4 fully saturated rings. The maximum atomic E-state index is 12.0. The summed E-state index contributed by atoms with van der Waals surface area (Å²) >= 11 is 0. The summed E-state index contributed by atoms with van der Waals surface area (Å²) in [5.74, 6) is 0.318. The van der Waals surface area contributed by atoms with Crippen LogP contribution in [0.25, 0.3) is 0 Å². The van der Waals surface area contributed by atoms with Gasteiger partial charge in [-0.05, 0) is 55.3 Å². The topological polar surface area (TPSA) is 117 Å². The van der Waals surface area contributed by atoms with Crippen LogP contribution in [0.3, 0.4) is 0 Å². The van der Waals surface area contributed by atoms with Crippen molar-refractivity contribution in [3.8, 4) is 0 Å². The van der Waals surface area contributed by atoms with E-state index in [1.807, 2.05) is 0 Å². The lowest BCUT2D eigenvalue weighted by molar-refractivity contribution is -0.394. The summed E-state index contributed by atoms with van der Waals surface area (Å²) < 4.78 is 1.64. The van der Waals surface area contributed by atoms with E-state index in [9.17, 15) is 14.9 Å². The third kappa shape index (κ3) is 1.64. The normalized spacial score (nSPS) is 40.4. The van der Waals surface area contributed by atoms with E-state index in [0.29, 0.717) is 18.3 Å². The van der Waals surface area contributed by atoms with Crippen LogP contribution in [0.5, 0.6) is 0 Å². The Balaban J connectivity index is 1.76. The lowest BCUT2D eigenvalue weighted by Crippen LogP contribution is -2.60. The molecular formula is C13H17N5O3. The molecule has 1 aromatic rings. The van der Waals surface area contributed by atoms with Crippen molar-refractivity contribution in [3.63, 3.8) is 0 Å². The Hall–Kier alpha value is -1.99. The second-order valence-electron chi connectivity index (χ2n) is 7.08. The number of hydrogen-bond acceptors (Lipinski definition) is 5. The third-order valence-corrected chi connectivity index (χ3v) is 5.68. The molecule has 8 nitrogen and oxygen atoms in total. The average Bonchev–Trinajstić information content (AvgIpc) is 2.87. The monoisotopic (exact) mass is 291 g/mol. The fraction of sp³-hybridized carbons (Fsp3) is 0.769. The number of carbonyl (C=O) groups excluding carboxylic acids is 1. The molecule has 0 saturated heterocycles. The summed E-state index contributed by atoms with van der Waals surface area (Å²) in [6.07, 6.45) is 6.77. The number of nitrogens with zero attached hydrogens (tertiary/aromatic N) is 4. The van der Waals surface area contributed by atoms with Crippen molar-refractivity contribution in [1.29, 1.82) is 0 Å². The lowest BCUT2D eigenvalue weighted by Gasteiger charge is -2.59. The van der Waals surface area contributed by atoms with Gasteiger partial charge in [0.05, 0.1) is 11.0 Å². The van der Waals surface area contributed by atoms with E-state index in [0.717, 1.165) is 32.1 Å². The Morgan fingerprint density at radius 1 is 1.38 bits per heavy atom. The molecule has 1 heterocycles. The molecule has 8 heteroatoms. The predicted molar refractivity (Wildman–Crippen MR) is 71.0 cm³/mol. The third-order valence-electron chi connectivity index (χ3n) is 5.68. The molecule has 0 aromatic carbocycles. The van der Waals surface area contributed by atoms with Gasteiger partial charge in [0.25, 0.3) is 0 Å². The van der Waals surface area contributed by atoms with Crippen LogP contribution >= 0.6 is 0 Å². The van der Waals surface area contributed by atoms with Gasteiger partial charge in [-0.25, -0.2) is 0 Å². The zero-order chi connectivity index (χ0) is 14.8. The van der Waals surface area contributed by atoms with Gasteiger partial charge >= 0.3 is 5.95 Å². The molecule has 2 unspecified atom stereocenters.